The summed E-state index contributed by atoms with van der Waals surface area (Å²) in [5.74, 6) is -1.06. The lowest BCUT2D eigenvalue weighted by atomic mass is 10.3. The summed E-state index contributed by atoms with van der Waals surface area (Å²) in [5.41, 5.74) is 0. The van der Waals surface area contributed by atoms with E-state index in [-0.39, 0.29) is 6.10 Å². The molecule has 6 heteroatoms. The van der Waals surface area contributed by atoms with E-state index >= 15 is 0 Å². The Kier molecular flexibility index (Phi) is 6.48. The van der Waals surface area contributed by atoms with Crippen LogP contribution in [0.5, 0.6) is 0 Å². The summed E-state index contributed by atoms with van der Waals surface area (Å²) in [6.45, 7) is 6.09. The summed E-state index contributed by atoms with van der Waals surface area (Å²) >= 11 is 0. The van der Waals surface area contributed by atoms with E-state index in [2.05, 4.69) is 5.32 Å². The predicted molar refractivity (Wildman–Crippen MR) is 59.3 cm³/mol. The van der Waals surface area contributed by atoms with Crippen LogP contribution in [0, 0.1) is 0 Å². The molecular formula is C10H20N2O4. The molecule has 0 fully saturated rings. The number of aliphatic carboxylic acids is 1. The van der Waals surface area contributed by atoms with E-state index in [1.807, 2.05) is 13.8 Å². The highest BCUT2D eigenvalue weighted by Gasteiger charge is 2.16. The molecule has 0 heterocycles. The molecule has 0 aromatic heterocycles. The zero-order chi connectivity index (χ0) is 12.7. The van der Waals surface area contributed by atoms with Gasteiger partial charge in [0.1, 0.15) is 6.04 Å². The van der Waals surface area contributed by atoms with Crippen LogP contribution in [-0.4, -0.2) is 54.4 Å². The summed E-state index contributed by atoms with van der Waals surface area (Å²) in [4.78, 5) is 23.3. The number of carboxylic acids is 1. The predicted octanol–water partition coefficient (Wildman–Crippen LogP) is 0.526. The molecule has 0 saturated carbocycles. The van der Waals surface area contributed by atoms with E-state index in [9.17, 15) is 9.59 Å². The van der Waals surface area contributed by atoms with Crippen molar-refractivity contribution in [3.63, 3.8) is 0 Å². The monoisotopic (exact) mass is 232 g/mol. The number of nitrogens with one attached hydrogen (secondary N) is 1. The van der Waals surface area contributed by atoms with Gasteiger partial charge < -0.3 is 20.1 Å². The van der Waals surface area contributed by atoms with Crippen molar-refractivity contribution in [3.05, 3.63) is 0 Å². The third-order valence-corrected chi connectivity index (χ3v) is 1.93. The number of carboxylic acid groups (broad SMARTS) is 1. The summed E-state index contributed by atoms with van der Waals surface area (Å²) in [6.07, 6.45) is 0.120. The first-order valence-electron chi connectivity index (χ1n) is 5.20. The van der Waals surface area contributed by atoms with E-state index in [0.717, 1.165) is 0 Å². The molecule has 0 aliphatic rings. The highest BCUT2D eigenvalue weighted by Crippen LogP contribution is 1.91. The van der Waals surface area contributed by atoms with Crippen LogP contribution >= 0.6 is 0 Å². The summed E-state index contributed by atoms with van der Waals surface area (Å²) in [6, 6.07) is -1.30. The molecule has 0 rings (SSSR count). The van der Waals surface area contributed by atoms with Gasteiger partial charge in [-0.1, -0.05) is 0 Å². The number of urea groups is 1. The largest absolute Gasteiger partial charge is 0.480 e. The average molecular weight is 232 g/mol. The minimum atomic E-state index is -1.06. The lowest BCUT2D eigenvalue weighted by Gasteiger charge is -2.20. The summed E-state index contributed by atoms with van der Waals surface area (Å²) < 4.78 is 5.28. The van der Waals surface area contributed by atoms with Gasteiger partial charge in [-0.05, 0) is 20.8 Å². The number of likely N-dealkylation sites (N-methyl/N-ethyl adjacent to an activating group) is 1. The molecule has 0 saturated heterocycles. The maximum absolute atomic E-state index is 11.4. The van der Waals surface area contributed by atoms with Gasteiger partial charge in [0.15, 0.2) is 0 Å². The molecule has 16 heavy (non-hydrogen) atoms. The van der Waals surface area contributed by atoms with Crippen molar-refractivity contribution in [1.29, 1.82) is 0 Å². The number of hydrogen-bond acceptors (Lipinski definition) is 3. The fourth-order valence-corrected chi connectivity index (χ4v) is 0.884. The molecular weight excluding hydrogens is 212 g/mol. The lowest BCUT2D eigenvalue weighted by molar-refractivity contribution is -0.138. The van der Waals surface area contributed by atoms with Crippen molar-refractivity contribution in [2.45, 2.75) is 32.9 Å². The second-order valence-corrected chi connectivity index (χ2v) is 3.85. The van der Waals surface area contributed by atoms with Crippen LogP contribution in [0.1, 0.15) is 20.8 Å². The Labute approximate surface area is 95.6 Å². The van der Waals surface area contributed by atoms with E-state index in [0.29, 0.717) is 13.2 Å². The third-order valence-electron chi connectivity index (χ3n) is 1.93. The van der Waals surface area contributed by atoms with Crippen molar-refractivity contribution in [2.75, 3.05) is 20.2 Å². The van der Waals surface area contributed by atoms with Gasteiger partial charge in [-0.25, -0.2) is 4.79 Å². The molecule has 2 amide bonds. The summed E-state index contributed by atoms with van der Waals surface area (Å²) in [7, 11) is 1.59. The topological polar surface area (TPSA) is 78.9 Å². The minimum absolute atomic E-state index is 0.120. The molecule has 0 aromatic rings. The summed E-state index contributed by atoms with van der Waals surface area (Å²) in [5, 5.41) is 11.0. The standard InChI is InChI=1S/C10H20N2O4/c1-7(2)16-6-5-12(4)10(15)11-8(3)9(13)14/h7-8H,5-6H2,1-4H3,(H,11,15)(H,13,14)/t8-/m1/s1. The van der Waals surface area contributed by atoms with Crippen molar-refractivity contribution in [1.82, 2.24) is 10.2 Å². The fourth-order valence-electron chi connectivity index (χ4n) is 0.884. The first kappa shape index (κ1) is 14.7. The van der Waals surface area contributed by atoms with Crippen LogP contribution in [0.3, 0.4) is 0 Å². The number of hydrogen-bond donors (Lipinski definition) is 2. The second-order valence-electron chi connectivity index (χ2n) is 3.85. The third kappa shape index (κ3) is 6.23. The Bertz CT molecular complexity index is 243. The molecule has 0 aromatic carbocycles. The Balaban J connectivity index is 3.86. The van der Waals surface area contributed by atoms with E-state index in [4.69, 9.17) is 9.84 Å². The SMILES string of the molecule is CC(C)OCCN(C)C(=O)N[C@H](C)C(=O)O. The Morgan fingerprint density at radius 2 is 1.94 bits per heavy atom. The van der Waals surface area contributed by atoms with Crippen molar-refractivity contribution in [3.8, 4) is 0 Å². The van der Waals surface area contributed by atoms with Crippen LogP contribution in [0.2, 0.25) is 0 Å². The van der Waals surface area contributed by atoms with E-state index in [1.165, 1.54) is 11.8 Å². The Morgan fingerprint density at radius 3 is 2.38 bits per heavy atom. The average Bonchev–Trinajstić information content (AvgIpc) is 2.16. The van der Waals surface area contributed by atoms with E-state index in [1.54, 1.807) is 7.05 Å². The molecule has 1 atom stereocenters. The van der Waals surface area contributed by atoms with Gasteiger partial charge in [-0.2, -0.15) is 0 Å². The second kappa shape index (κ2) is 7.05. The van der Waals surface area contributed by atoms with Crippen molar-refractivity contribution in [2.24, 2.45) is 0 Å². The van der Waals surface area contributed by atoms with Crippen molar-refractivity contribution < 1.29 is 19.4 Å². The molecule has 0 aliphatic carbocycles. The Morgan fingerprint density at radius 1 is 1.38 bits per heavy atom. The van der Waals surface area contributed by atoms with Gasteiger partial charge in [0.2, 0.25) is 0 Å². The van der Waals surface area contributed by atoms with Gasteiger partial charge in [0, 0.05) is 13.6 Å². The van der Waals surface area contributed by atoms with Gasteiger partial charge in [-0.3, -0.25) is 4.79 Å². The zero-order valence-electron chi connectivity index (χ0n) is 10.2. The minimum Gasteiger partial charge on any atom is -0.480 e. The number of rotatable bonds is 6. The first-order valence-corrected chi connectivity index (χ1v) is 5.20. The molecule has 94 valence electrons. The van der Waals surface area contributed by atoms with Crippen LogP contribution in [0.4, 0.5) is 4.79 Å². The van der Waals surface area contributed by atoms with Crippen LogP contribution in [0.25, 0.3) is 0 Å². The van der Waals surface area contributed by atoms with E-state index < -0.39 is 18.0 Å². The van der Waals surface area contributed by atoms with Crippen LogP contribution < -0.4 is 5.32 Å². The fraction of sp³-hybridized carbons (Fsp3) is 0.800. The lowest BCUT2D eigenvalue weighted by Crippen LogP contribution is -2.46. The van der Waals surface area contributed by atoms with Crippen LogP contribution in [0.15, 0.2) is 0 Å². The highest BCUT2D eigenvalue weighted by atomic mass is 16.5. The van der Waals surface area contributed by atoms with Gasteiger partial charge >= 0.3 is 12.0 Å². The number of carbonyl (C=O) groups excluding carboxylic acids is 1. The normalized spacial score (nSPS) is 12.3. The molecule has 0 unspecified atom stereocenters. The molecule has 0 aliphatic heterocycles. The number of carbonyl (C=O) groups is 2. The maximum Gasteiger partial charge on any atom is 0.325 e. The number of amides is 2. The maximum atomic E-state index is 11.4. The first-order chi connectivity index (χ1) is 7.34. The van der Waals surface area contributed by atoms with Crippen LogP contribution in [-0.2, 0) is 9.53 Å². The molecule has 0 spiro atoms. The van der Waals surface area contributed by atoms with Gasteiger partial charge in [0.25, 0.3) is 0 Å². The molecule has 2 N–H and O–H groups in total. The zero-order valence-corrected chi connectivity index (χ0v) is 10.2. The molecule has 6 nitrogen and oxygen atoms in total. The smallest absolute Gasteiger partial charge is 0.325 e. The Hall–Kier alpha value is -1.30. The molecule has 0 radical (unpaired) electrons. The highest BCUT2D eigenvalue weighted by molar-refractivity contribution is 5.82. The quantitative estimate of drug-likeness (QED) is 0.700. The number of ether oxygens (including phenoxy) is 1. The van der Waals surface area contributed by atoms with Crippen molar-refractivity contribution >= 4 is 12.0 Å². The number of nitrogens with zero attached hydrogens (tertiary/aromatic N) is 1. The molecule has 0 bridgehead atoms. The van der Waals surface area contributed by atoms with Gasteiger partial charge in [-0.15, -0.1) is 0 Å². The van der Waals surface area contributed by atoms with Gasteiger partial charge in [0.05, 0.1) is 12.7 Å².